The molecule has 0 saturated carbocycles. The summed E-state index contributed by atoms with van der Waals surface area (Å²) in [5.41, 5.74) is 4.92. The van der Waals surface area contributed by atoms with Crippen molar-refractivity contribution in [3.8, 4) is 0 Å². The Bertz CT molecular complexity index is 802. The fourth-order valence-electron chi connectivity index (χ4n) is 2.49. The summed E-state index contributed by atoms with van der Waals surface area (Å²) in [5.74, 6) is -0.159. The topological polar surface area (TPSA) is 186 Å². The third-order valence-electron chi connectivity index (χ3n) is 3.45. The van der Waals surface area contributed by atoms with Crippen molar-refractivity contribution in [3.63, 3.8) is 0 Å². The van der Waals surface area contributed by atoms with Crippen molar-refractivity contribution in [1.29, 1.82) is 0 Å². The Morgan fingerprint density at radius 2 is 2.30 bits per heavy atom. The molecule has 124 valence electrons. The summed E-state index contributed by atoms with van der Waals surface area (Å²) in [6.45, 7) is -0.575. The van der Waals surface area contributed by atoms with E-state index in [9.17, 15) is 19.8 Å². The number of nitrogens with two attached hydrogens (primary N) is 1. The molecule has 2 aromatic rings. The van der Waals surface area contributed by atoms with Gasteiger partial charge in [0.05, 0.1) is 12.9 Å². The van der Waals surface area contributed by atoms with Gasteiger partial charge in [0.15, 0.2) is 23.5 Å². The number of H-pyrrole nitrogens is 1. The van der Waals surface area contributed by atoms with Gasteiger partial charge in [-0.15, -0.1) is 0 Å². The molecule has 12 nitrogen and oxygen atoms in total. The van der Waals surface area contributed by atoms with E-state index < -0.39 is 42.9 Å². The van der Waals surface area contributed by atoms with Crippen LogP contribution in [0.4, 0.5) is 10.7 Å². The SMILES string of the molecule is Nc1nc2c(ncn2[C@@H]2O[C@H](CO)[C@@H](OC(=O)O)[C@H]2O)c(=O)[nH]1. The Kier molecular flexibility index (Phi) is 3.63. The first kappa shape index (κ1) is 15.2. The molecule has 3 rings (SSSR count). The van der Waals surface area contributed by atoms with Crippen LogP contribution in [0.3, 0.4) is 0 Å². The monoisotopic (exact) mass is 327 g/mol. The smallest absolute Gasteiger partial charge is 0.450 e. The van der Waals surface area contributed by atoms with Crippen molar-refractivity contribution in [2.75, 3.05) is 12.3 Å². The second-order valence-electron chi connectivity index (χ2n) is 4.86. The molecule has 23 heavy (non-hydrogen) atoms. The number of nitrogens with one attached hydrogen (secondary N) is 1. The van der Waals surface area contributed by atoms with Gasteiger partial charge in [-0.25, -0.2) is 9.78 Å². The van der Waals surface area contributed by atoms with E-state index in [4.69, 9.17) is 15.6 Å². The average Bonchev–Trinajstić information content (AvgIpc) is 3.01. The van der Waals surface area contributed by atoms with Gasteiger partial charge in [0, 0.05) is 0 Å². The predicted molar refractivity (Wildman–Crippen MR) is 72.5 cm³/mol. The molecule has 0 unspecified atom stereocenters. The van der Waals surface area contributed by atoms with Gasteiger partial charge >= 0.3 is 6.16 Å². The maximum Gasteiger partial charge on any atom is 0.506 e. The van der Waals surface area contributed by atoms with Crippen LogP contribution in [0.15, 0.2) is 11.1 Å². The maximum absolute atomic E-state index is 11.7. The number of rotatable bonds is 3. The lowest BCUT2D eigenvalue weighted by molar-refractivity contribution is -0.0536. The third-order valence-corrected chi connectivity index (χ3v) is 3.45. The van der Waals surface area contributed by atoms with E-state index in [0.29, 0.717) is 0 Å². The number of aliphatic hydroxyl groups is 2. The number of hydrogen-bond acceptors (Lipinski definition) is 9. The van der Waals surface area contributed by atoms with Crippen LogP contribution in [0.2, 0.25) is 0 Å². The molecule has 6 N–H and O–H groups in total. The number of aromatic nitrogens is 4. The Morgan fingerprint density at radius 3 is 2.96 bits per heavy atom. The zero-order valence-electron chi connectivity index (χ0n) is 11.5. The van der Waals surface area contributed by atoms with Gasteiger partial charge in [0.2, 0.25) is 5.95 Å². The predicted octanol–water partition coefficient (Wildman–Crippen LogP) is -1.98. The van der Waals surface area contributed by atoms with Crippen LogP contribution in [-0.2, 0) is 9.47 Å². The Hall–Kier alpha value is -2.70. The van der Waals surface area contributed by atoms with Crippen molar-refractivity contribution < 1.29 is 29.6 Å². The average molecular weight is 327 g/mol. The number of hydrogen-bond donors (Lipinski definition) is 5. The number of carbonyl (C=O) groups is 1. The second-order valence-corrected chi connectivity index (χ2v) is 4.86. The molecule has 1 saturated heterocycles. The summed E-state index contributed by atoms with van der Waals surface area (Å²) >= 11 is 0. The van der Waals surface area contributed by atoms with Crippen molar-refractivity contribution in [2.24, 2.45) is 0 Å². The second kappa shape index (κ2) is 5.49. The molecule has 1 aliphatic rings. The number of ether oxygens (including phenoxy) is 2. The first-order valence-corrected chi connectivity index (χ1v) is 6.48. The van der Waals surface area contributed by atoms with Crippen LogP contribution in [-0.4, -0.2) is 65.9 Å². The largest absolute Gasteiger partial charge is 0.506 e. The summed E-state index contributed by atoms with van der Waals surface area (Å²) in [5, 5.41) is 28.2. The molecule has 0 radical (unpaired) electrons. The number of anilines is 1. The summed E-state index contributed by atoms with van der Waals surface area (Å²) in [6, 6.07) is 0. The van der Waals surface area contributed by atoms with E-state index in [-0.39, 0.29) is 17.1 Å². The molecule has 12 heteroatoms. The molecule has 0 amide bonds. The van der Waals surface area contributed by atoms with E-state index in [1.54, 1.807) is 0 Å². The van der Waals surface area contributed by atoms with Crippen molar-refractivity contribution in [2.45, 2.75) is 24.5 Å². The summed E-state index contributed by atoms with van der Waals surface area (Å²) < 4.78 is 11.2. The number of nitrogen functional groups attached to an aromatic ring is 1. The number of aromatic amines is 1. The lowest BCUT2D eigenvalue weighted by Crippen LogP contribution is -2.37. The summed E-state index contributed by atoms with van der Waals surface area (Å²) in [4.78, 5) is 32.5. The van der Waals surface area contributed by atoms with Gasteiger partial charge in [0.1, 0.15) is 12.2 Å². The van der Waals surface area contributed by atoms with Crippen LogP contribution in [0.1, 0.15) is 6.23 Å². The number of fused-ring (bicyclic) bond motifs is 1. The minimum absolute atomic E-state index is 0.0295. The van der Waals surface area contributed by atoms with Crippen LogP contribution >= 0.6 is 0 Å². The first-order valence-electron chi connectivity index (χ1n) is 6.48. The summed E-state index contributed by atoms with van der Waals surface area (Å²) in [7, 11) is 0. The molecule has 3 heterocycles. The Balaban J connectivity index is 2.02. The Morgan fingerprint density at radius 1 is 1.57 bits per heavy atom. The molecular weight excluding hydrogens is 314 g/mol. The summed E-state index contributed by atoms with van der Waals surface area (Å²) in [6.07, 6.45) is -5.41. The highest BCUT2D eigenvalue weighted by Crippen LogP contribution is 2.32. The number of imidazole rings is 1. The van der Waals surface area contributed by atoms with Crippen LogP contribution in [0.5, 0.6) is 0 Å². The van der Waals surface area contributed by atoms with Crippen molar-refractivity contribution in [1.82, 2.24) is 19.5 Å². The minimum Gasteiger partial charge on any atom is -0.450 e. The number of nitrogens with zero attached hydrogens (tertiary/aromatic N) is 3. The van der Waals surface area contributed by atoms with E-state index in [1.165, 1.54) is 10.9 Å². The molecule has 0 aliphatic carbocycles. The number of carboxylic acid groups (broad SMARTS) is 1. The maximum atomic E-state index is 11.7. The molecule has 0 aromatic carbocycles. The molecule has 4 atom stereocenters. The number of aliphatic hydroxyl groups excluding tert-OH is 2. The van der Waals surface area contributed by atoms with Crippen LogP contribution in [0, 0.1) is 0 Å². The van der Waals surface area contributed by atoms with E-state index >= 15 is 0 Å². The Labute approximate surface area is 127 Å². The molecule has 0 bridgehead atoms. The van der Waals surface area contributed by atoms with Gasteiger partial charge in [0.25, 0.3) is 5.56 Å². The zero-order valence-corrected chi connectivity index (χ0v) is 11.5. The van der Waals surface area contributed by atoms with Gasteiger partial charge in [-0.1, -0.05) is 0 Å². The minimum atomic E-state index is -1.62. The van der Waals surface area contributed by atoms with E-state index in [1.807, 2.05) is 0 Å². The normalized spacial score (nSPS) is 27.4. The fourth-order valence-corrected chi connectivity index (χ4v) is 2.49. The molecule has 2 aromatic heterocycles. The zero-order chi connectivity index (χ0) is 16.7. The van der Waals surface area contributed by atoms with Crippen LogP contribution in [0.25, 0.3) is 11.2 Å². The molecule has 1 fully saturated rings. The lowest BCUT2D eigenvalue weighted by atomic mass is 10.1. The fraction of sp³-hybridized carbons (Fsp3) is 0.455. The first-order chi connectivity index (χ1) is 10.9. The van der Waals surface area contributed by atoms with E-state index in [2.05, 4.69) is 19.7 Å². The van der Waals surface area contributed by atoms with Crippen molar-refractivity contribution >= 4 is 23.3 Å². The van der Waals surface area contributed by atoms with Gasteiger partial charge in [-0.2, -0.15) is 4.98 Å². The quantitative estimate of drug-likeness (QED) is 0.395. The van der Waals surface area contributed by atoms with Gasteiger partial charge in [-0.3, -0.25) is 14.3 Å². The lowest BCUT2D eigenvalue weighted by Gasteiger charge is -2.18. The van der Waals surface area contributed by atoms with Crippen LogP contribution < -0.4 is 11.3 Å². The molecular formula is C11H13N5O7. The van der Waals surface area contributed by atoms with Gasteiger partial charge < -0.3 is 30.5 Å². The molecule has 1 aliphatic heterocycles. The van der Waals surface area contributed by atoms with Gasteiger partial charge in [-0.05, 0) is 0 Å². The highest BCUT2D eigenvalue weighted by atomic mass is 16.7. The third kappa shape index (κ3) is 2.48. The van der Waals surface area contributed by atoms with E-state index in [0.717, 1.165) is 0 Å². The standard InChI is InChI=1S/C11H13N5O7/c12-10-14-7-4(8(19)15-10)13-2-16(7)9-5(18)6(23-11(20)21)3(1-17)22-9/h2-3,5-6,9,17-18H,1H2,(H,20,21)(H3,12,14,15,19)/t3-,5-,6-,9-/m1/s1. The molecule has 0 spiro atoms. The highest BCUT2D eigenvalue weighted by molar-refractivity contribution is 5.70. The van der Waals surface area contributed by atoms with Crippen molar-refractivity contribution in [3.05, 3.63) is 16.7 Å². The highest BCUT2D eigenvalue weighted by Gasteiger charge is 2.47.